The van der Waals surface area contributed by atoms with Crippen LogP contribution in [0.3, 0.4) is 0 Å². The van der Waals surface area contributed by atoms with Crippen molar-refractivity contribution in [1.29, 1.82) is 0 Å². The van der Waals surface area contributed by atoms with Crippen LogP contribution in [0, 0.1) is 9.25 Å². The number of fused-ring (bicyclic) bond motifs is 2. The van der Waals surface area contributed by atoms with E-state index in [0.29, 0.717) is 27.1 Å². The van der Waals surface area contributed by atoms with Gasteiger partial charge in [-0.3, -0.25) is 13.9 Å². The number of carbonyl (C=O) groups excluding carboxylic acids is 1. The van der Waals surface area contributed by atoms with Crippen molar-refractivity contribution in [2.24, 2.45) is 5.41 Å². The number of halogens is 1. The molecule has 0 radical (unpaired) electrons. The molecule has 3 aromatic carbocycles. The standard InChI is InChI=1S/C37H45IN7O8P/c1-22(32(47)50-21-36(2,3)4)44-54(49,53-26-17-11-15-24-14-9-10-16-25(24)26)51-20-27-29(46)37(5,48)33(52-27)45-31-28(41-34(45)38)30(42-35(39)43-31)40-19-18-23-12-7-6-8-13-23/h6-17,22,27,29,33,46,48H,18-21H2,1-5H3,(H,44,49)(H3,39,40,42,43)/t22-,27+,29+,33?,37+,54?/m0/s1. The van der Waals surface area contributed by atoms with Crippen molar-refractivity contribution < 1.29 is 38.1 Å². The Morgan fingerprint density at radius 2 is 1.80 bits per heavy atom. The Balaban J connectivity index is 1.24. The number of rotatable bonds is 14. The van der Waals surface area contributed by atoms with Crippen LogP contribution in [0.25, 0.3) is 21.9 Å². The molecule has 2 unspecified atom stereocenters. The van der Waals surface area contributed by atoms with Gasteiger partial charge in [0.2, 0.25) is 5.95 Å². The van der Waals surface area contributed by atoms with Gasteiger partial charge in [0.05, 0.1) is 13.2 Å². The summed E-state index contributed by atoms with van der Waals surface area (Å²) in [5.41, 5.74) is 5.72. The number of aliphatic hydroxyl groups excluding tert-OH is 1. The number of imidazole rings is 1. The van der Waals surface area contributed by atoms with Crippen molar-refractivity contribution in [3.8, 4) is 5.75 Å². The summed E-state index contributed by atoms with van der Waals surface area (Å²) < 4.78 is 40.1. The fraction of sp³-hybridized carbons (Fsp3) is 0.405. The summed E-state index contributed by atoms with van der Waals surface area (Å²) in [5.74, 6) is -0.0574. The molecule has 0 amide bonds. The van der Waals surface area contributed by atoms with Gasteiger partial charge in [0.1, 0.15) is 29.6 Å². The summed E-state index contributed by atoms with van der Waals surface area (Å²) in [6.45, 7) is 8.81. The van der Waals surface area contributed by atoms with E-state index in [0.717, 1.165) is 17.4 Å². The van der Waals surface area contributed by atoms with Gasteiger partial charge in [-0.15, -0.1) is 0 Å². The van der Waals surface area contributed by atoms with Crippen LogP contribution in [0.4, 0.5) is 11.8 Å². The zero-order chi connectivity index (χ0) is 38.8. The van der Waals surface area contributed by atoms with Crippen LogP contribution >= 0.6 is 30.3 Å². The van der Waals surface area contributed by atoms with E-state index in [2.05, 4.69) is 25.4 Å². The third-order valence-corrected chi connectivity index (χ3v) is 11.2. The van der Waals surface area contributed by atoms with Gasteiger partial charge in [0.15, 0.2) is 27.0 Å². The molecule has 1 fully saturated rings. The fourth-order valence-electron chi connectivity index (χ4n) is 5.99. The van der Waals surface area contributed by atoms with Crippen molar-refractivity contribution in [1.82, 2.24) is 24.6 Å². The Bertz CT molecular complexity index is 2160. The monoisotopic (exact) mass is 873 g/mol. The summed E-state index contributed by atoms with van der Waals surface area (Å²) in [5, 5.41) is 30.6. The first-order valence-corrected chi connectivity index (χ1v) is 20.1. The van der Waals surface area contributed by atoms with E-state index < -0.39 is 50.4 Å². The van der Waals surface area contributed by atoms with Crippen molar-refractivity contribution in [2.75, 3.05) is 30.8 Å². The SMILES string of the molecule is C[C@H](NP(=O)(OC[C@H]1OC(n2c(I)nc3c(NCCc4ccccc4)nc(N)nc32)[C@](C)(O)[C@@H]1O)Oc1cccc2ccccc12)C(=O)OCC(C)(C)C. The van der Waals surface area contributed by atoms with E-state index in [1.807, 2.05) is 98.0 Å². The van der Waals surface area contributed by atoms with Crippen LogP contribution in [0.1, 0.15) is 46.4 Å². The molecule has 1 aliphatic rings. The quantitative estimate of drug-likeness (QED) is 0.0399. The Hall–Kier alpha value is -3.90. The minimum absolute atomic E-state index is 0.0342. The van der Waals surface area contributed by atoms with Gasteiger partial charge in [0, 0.05) is 34.5 Å². The smallest absolute Gasteiger partial charge is 0.459 e. The van der Waals surface area contributed by atoms with E-state index in [1.165, 1.54) is 18.4 Å². The van der Waals surface area contributed by atoms with Crippen LogP contribution in [-0.4, -0.2) is 79.3 Å². The van der Waals surface area contributed by atoms with Gasteiger partial charge in [-0.2, -0.15) is 15.1 Å². The molecule has 1 aliphatic heterocycles. The molecule has 0 bridgehead atoms. The molecule has 3 heterocycles. The minimum Gasteiger partial charge on any atom is -0.464 e. The molecule has 6 atom stereocenters. The highest BCUT2D eigenvalue weighted by atomic mass is 127. The molecule has 6 N–H and O–H groups in total. The Morgan fingerprint density at radius 3 is 2.54 bits per heavy atom. The maximum atomic E-state index is 14.5. The molecule has 0 spiro atoms. The van der Waals surface area contributed by atoms with Crippen molar-refractivity contribution in [3.63, 3.8) is 0 Å². The van der Waals surface area contributed by atoms with Crippen molar-refractivity contribution >= 4 is 70.0 Å². The topological polar surface area (TPSA) is 205 Å². The summed E-state index contributed by atoms with van der Waals surface area (Å²) in [6, 6.07) is 21.5. The van der Waals surface area contributed by atoms with Crippen molar-refractivity contribution in [2.45, 2.75) is 71.1 Å². The number of nitrogens with zero attached hydrogens (tertiary/aromatic N) is 4. The number of nitrogen functional groups attached to an aromatic ring is 1. The van der Waals surface area contributed by atoms with Crippen LogP contribution in [0.2, 0.25) is 0 Å². The van der Waals surface area contributed by atoms with Crippen LogP contribution in [-0.2, 0) is 29.8 Å². The summed E-state index contributed by atoms with van der Waals surface area (Å²) in [4.78, 5) is 26.4. The number of benzene rings is 3. The maximum absolute atomic E-state index is 14.5. The van der Waals surface area contributed by atoms with Gasteiger partial charge in [-0.05, 0) is 42.7 Å². The molecule has 15 nitrogen and oxygen atoms in total. The number of esters is 1. The van der Waals surface area contributed by atoms with E-state index in [9.17, 15) is 19.6 Å². The average Bonchev–Trinajstić information content (AvgIpc) is 3.56. The normalized spacial score (nSPS) is 21.9. The molecule has 54 heavy (non-hydrogen) atoms. The minimum atomic E-state index is -4.41. The lowest BCUT2D eigenvalue weighted by Crippen LogP contribution is -2.45. The van der Waals surface area contributed by atoms with Crippen LogP contribution < -0.4 is 20.7 Å². The first-order valence-electron chi connectivity index (χ1n) is 17.5. The van der Waals surface area contributed by atoms with Crippen molar-refractivity contribution in [3.05, 3.63) is 82.2 Å². The zero-order valence-electron chi connectivity index (χ0n) is 30.6. The third kappa shape index (κ3) is 8.96. The Morgan fingerprint density at radius 1 is 1.09 bits per heavy atom. The first-order chi connectivity index (χ1) is 25.5. The Labute approximate surface area is 326 Å². The highest BCUT2D eigenvalue weighted by molar-refractivity contribution is 14.1. The number of hydrogen-bond donors (Lipinski definition) is 5. The largest absolute Gasteiger partial charge is 0.464 e. The number of anilines is 2. The van der Waals surface area contributed by atoms with Gasteiger partial charge in [-0.1, -0.05) is 87.5 Å². The second-order valence-corrected chi connectivity index (χ2v) is 17.3. The summed E-state index contributed by atoms with van der Waals surface area (Å²) in [6.07, 6.45) is -3.28. The Kier molecular flexibility index (Phi) is 11.8. The highest BCUT2D eigenvalue weighted by Gasteiger charge is 2.55. The predicted octanol–water partition coefficient (Wildman–Crippen LogP) is 5.60. The van der Waals surface area contributed by atoms with Crippen LogP contribution in [0.5, 0.6) is 5.75 Å². The lowest BCUT2D eigenvalue weighted by atomic mass is 9.96. The third-order valence-electron chi connectivity index (χ3n) is 8.78. The van der Waals surface area contributed by atoms with E-state index in [4.69, 9.17) is 24.3 Å². The molecule has 17 heteroatoms. The van der Waals surface area contributed by atoms with E-state index in [1.54, 1.807) is 18.2 Å². The second kappa shape index (κ2) is 16.1. The van der Waals surface area contributed by atoms with Gasteiger partial charge < -0.3 is 35.3 Å². The number of ether oxygens (including phenoxy) is 2. The van der Waals surface area contributed by atoms with E-state index >= 15 is 0 Å². The molecule has 5 aromatic rings. The fourth-order valence-corrected chi connectivity index (χ4v) is 8.23. The molecule has 0 aliphatic carbocycles. The van der Waals surface area contributed by atoms with Gasteiger partial charge >= 0.3 is 13.7 Å². The number of nitrogens with one attached hydrogen (secondary N) is 2. The molecule has 288 valence electrons. The average molecular weight is 874 g/mol. The molecule has 1 saturated heterocycles. The number of hydrogen-bond acceptors (Lipinski definition) is 13. The molecule has 2 aromatic heterocycles. The predicted molar refractivity (Wildman–Crippen MR) is 213 cm³/mol. The van der Waals surface area contributed by atoms with Gasteiger partial charge in [-0.25, -0.2) is 9.55 Å². The number of aliphatic hydroxyl groups is 2. The van der Waals surface area contributed by atoms with Crippen LogP contribution in [0.15, 0.2) is 72.8 Å². The second-order valence-electron chi connectivity index (χ2n) is 14.6. The lowest BCUT2D eigenvalue weighted by molar-refractivity contribution is -0.148. The first kappa shape index (κ1) is 39.8. The van der Waals surface area contributed by atoms with E-state index in [-0.39, 0.29) is 29.4 Å². The summed E-state index contributed by atoms with van der Waals surface area (Å²) in [7, 11) is -4.41. The number of nitrogens with two attached hydrogens (primary N) is 1. The molecular weight excluding hydrogens is 828 g/mol. The number of aromatic nitrogens is 4. The zero-order valence-corrected chi connectivity index (χ0v) is 33.7. The lowest BCUT2D eigenvalue weighted by Gasteiger charge is -2.28. The number of carbonyl (C=O) groups is 1. The van der Waals surface area contributed by atoms with Gasteiger partial charge in [0.25, 0.3) is 0 Å². The highest BCUT2D eigenvalue weighted by Crippen LogP contribution is 2.49. The molecule has 6 rings (SSSR count). The molecular formula is C37H45IN7O8P. The maximum Gasteiger partial charge on any atom is 0.459 e. The molecule has 0 saturated carbocycles. The summed E-state index contributed by atoms with van der Waals surface area (Å²) >= 11 is 1.99.